The summed E-state index contributed by atoms with van der Waals surface area (Å²) in [6.45, 7) is 4.09. The molecule has 0 aliphatic rings. The minimum atomic E-state index is 0.754. The van der Waals surface area contributed by atoms with Gasteiger partial charge in [-0.1, -0.05) is 11.6 Å². The summed E-state index contributed by atoms with van der Waals surface area (Å²) in [5.74, 6) is 0.867. The molecule has 0 aliphatic carbocycles. The molecule has 0 aliphatic heterocycles. The van der Waals surface area contributed by atoms with Gasteiger partial charge in [0.05, 0.1) is 7.11 Å². The fourth-order valence-corrected chi connectivity index (χ4v) is 2.04. The summed E-state index contributed by atoms with van der Waals surface area (Å²) in [5.41, 5.74) is 4.40. The Hall–Kier alpha value is -1.67. The second-order valence-electron chi connectivity index (χ2n) is 4.27. The number of benzene rings is 2. The maximum atomic E-state index is 5.95. The van der Waals surface area contributed by atoms with E-state index < -0.39 is 0 Å². The van der Waals surface area contributed by atoms with Crippen molar-refractivity contribution in [2.45, 2.75) is 13.8 Å². The summed E-state index contributed by atoms with van der Waals surface area (Å²) in [4.78, 5) is 0. The second-order valence-corrected chi connectivity index (χ2v) is 4.70. The maximum Gasteiger partial charge on any atom is 0.119 e. The van der Waals surface area contributed by atoms with Gasteiger partial charge in [0.2, 0.25) is 0 Å². The maximum absolute atomic E-state index is 5.95. The van der Waals surface area contributed by atoms with Crippen LogP contribution in [0.3, 0.4) is 0 Å². The third-order valence-electron chi connectivity index (χ3n) is 2.89. The van der Waals surface area contributed by atoms with Crippen molar-refractivity contribution in [3.05, 3.63) is 52.5 Å². The van der Waals surface area contributed by atoms with Gasteiger partial charge in [-0.2, -0.15) is 0 Å². The fourth-order valence-electron chi connectivity index (χ4n) is 1.82. The quantitative estimate of drug-likeness (QED) is 0.864. The van der Waals surface area contributed by atoms with Crippen molar-refractivity contribution in [3.8, 4) is 5.75 Å². The molecular formula is C15H16ClNO. The van der Waals surface area contributed by atoms with Gasteiger partial charge in [0.25, 0.3) is 0 Å². The summed E-state index contributed by atoms with van der Waals surface area (Å²) in [7, 11) is 1.67. The summed E-state index contributed by atoms with van der Waals surface area (Å²) in [6.07, 6.45) is 0. The molecule has 94 valence electrons. The summed E-state index contributed by atoms with van der Waals surface area (Å²) < 4.78 is 5.19. The van der Waals surface area contributed by atoms with Crippen LogP contribution in [0.2, 0.25) is 5.02 Å². The van der Waals surface area contributed by atoms with Crippen LogP contribution in [0.4, 0.5) is 11.4 Å². The number of aryl methyl sites for hydroxylation is 2. The van der Waals surface area contributed by atoms with Crippen molar-refractivity contribution in [1.29, 1.82) is 0 Å². The lowest BCUT2D eigenvalue weighted by molar-refractivity contribution is 0.414. The number of ether oxygens (including phenoxy) is 1. The van der Waals surface area contributed by atoms with Crippen LogP contribution in [-0.4, -0.2) is 7.11 Å². The number of halogens is 1. The first-order valence-corrected chi connectivity index (χ1v) is 6.16. The molecule has 0 spiro atoms. The third-order valence-corrected chi connectivity index (χ3v) is 3.13. The highest BCUT2D eigenvalue weighted by molar-refractivity contribution is 6.30. The SMILES string of the molecule is COc1ccc(Nc2ccc(Cl)cc2C)c(C)c1. The summed E-state index contributed by atoms with van der Waals surface area (Å²) in [5, 5.41) is 4.16. The molecule has 3 heteroatoms. The molecule has 0 radical (unpaired) electrons. The molecule has 0 saturated carbocycles. The van der Waals surface area contributed by atoms with E-state index in [4.69, 9.17) is 16.3 Å². The van der Waals surface area contributed by atoms with Crippen LogP contribution in [0.15, 0.2) is 36.4 Å². The van der Waals surface area contributed by atoms with Crippen LogP contribution in [0.5, 0.6) is 5.75 Å². The molecular weight excluding hydrogens is 246 g/mol. The zero-order valence-corrected chi connectivity index (χ0v) is 11.5. The molecule has 0 aromatic heterocycles. The Bertz CT molecular complexity index is 566. The van der Waals surface area contributed by atoms with Crippen molar-refractivity contribution >= 4 is 23.0 Å². The van der Waals surface area contributed by atoms with Gasteiger partial charge in [0.15, 0.2) is 0 Å². The van der Waals surface area contributed by atoms with Gasteiger partial charge in [0, 0.05) is 16.4 Å². The van der Waals surface area contributed by atoms with E-state index in [0.29, 0.717) is 0 Å². The van der Waals surface area contributed by atoms with Crippen molar-refractivity contribution < 1.29 is 4.74 Å². The number of hydrogen-bond acceptors (Lipinski definition) is 2. The second kappa shape index (κ2) is 5.32. The number of nitrogens with one attached hydrogen (secondary N) is 1. The van der Waals surface area contributed by atoms with Crippen LogP contribution in [0.25, 0.3) is 0 Å². The lowest BCUT2D eigenvalue weighted by atomic mass is 10.1. The highest BCUT2D eigenvalue weighted by atomic mass is 35.5. The van der Waals surface area contributed by atoms with Crippen LogP contribution in [0, 0.1) is 13.8 Å². The molecule has 2 rings (SSSR count). The minimum Gasteiger partial charge on any atom is -0.497 e. The Morgan fingerprint density at radius 2 is 1.56 bits per heavy atom. The van der Waals surface area contributed by atoms with Gasteiger partial charge >= 0.3 is 0 Å². The Labute approximate surface area is 113 Å². The molecule has 1 N–H and O–H groups in total. The number of methoxy groups -OCH3 is 1. The highest BCUT2D eigenvalue weighted by Gasteiger charge is 2.03. The monoisotopic (exact) mass is 261 g/mol. The highest BCUT2D eigenvalue weighted by Crippen LogP contribution is 2.27. The average molecular weight is 262 g/mol. The molecule has 2 nitrogen and oxygen atoms in total. The Morgan fingerprint density at radius 3 is 2.11 bits per heavy atom. The van der Waals surface area contributed by atoms with Gasteiger partial charge in [-0.25, -0.2) is 0 Å². The molecule has 0 amide bonds. The molecule has 0 bridgehead atoms. The molecule has 2 aromatic rings. The first kappa shape index (κ1) is 12.8. The molecule has 0 saturated heterocycles. The van der Waals surface area contributed by atoms with E-state index in [2.05, 4.69) is 12.2 Å². The largest absolute Gasteiger partial charge is 0.497 e. The van der Waals surface area contributed by atoms with E-state index in [-0.39, 0.29) is 0 Å². The first-order chi connectivity index (χ1) is 8.60. The normalized spacial score (nSPS) is 10.2. The summed E-state index contributed by atoms with van der Waals surface area (Å²) in [6, 6.07) is 11.8. The molecule has 0 heterocycles. The summed E-state index contributed by atoms with van der Waals surface area (Å²) >= 11 is 5.95. The standard InChI is InChI=1S/C15H16ClNO/c1-10-8-12(16)4-6-14(10)17-15-7-5-13(18-3)9-11(15)2/h4-9,17H,1-3H3. The van der Waals surface area contributed by atoms with E-state index in [1.54, 1.807) is 7.11 Å². The lowest BCUT2D eigenvalue weighted by Crippen LogP contribution is -1.96. The molecule has 2 aromatic carbocycles. The fraction of sp³-hybridized carbons (Fsp3) is 0.200. The van der Waals surface area contributed by atoms with Crippen molar-refractivity contribution in [1.82, 2.24) is 0 Å². The van der Waals surface area contributed by atoms with E-state index in [0.717, 1.165) is 33.3 Å². The van der Waals surface area contributed by atoms with E-state index >= 15 is 0 Å². The Morgan fingerprint density at radius 1 is 0.944 bits per heavy atom. The molecule has 0 fully saturated rings. The third kappa shape index (κ3) is 2.77. The van der Waals surface area contributed by atoms with Crippen LogP contribution < -0.4 is 10.1 Å². The van der Waals surface area contributed by atoms with Crippen LogP contribution >= 0.6 is 11.6 Å². The van der Waals surface area contributed by atoms with Gasteiger partial charge in [-0.3, -0.25) is 0 Å². The van der Waals surface area contributed by atoms with E-state index in [1.807, 2.05) is 43.3 Å². The molecule has 0 atom stereocenters. The predicted molar refractivity (Wildman–Crippen MR) is 77.2 cm³/mol. The number of rotatable bonds is 3. The average Bonchev–Trinajstić information content (AvgIpc) is 2.34. The van der Waals surface area contributed by atoms with Gasteiger partial charge in [0.1, 0.15) is 5.75 Å². The van der Waals surface area contributed by atoms with Crippen LogP contribution in [0.1, 0.15) is 11.1 Å². The smallest absolute Gasteiger partial charge is 0.119 e. The van der Waals surface area contributed by atoms with Crippen molar-refractivity contribution in [2.24, 2.45) is 0 Å². The lowest BCUT2D eigenvalue weighted by Gasteiger charge is -2.13. The van der Waals surface area contributed by atoms with Gasteiger partial charge in [-0.05, 0) is 61.4 Å². The van der Waals surface area contributed by atoms with Crippen LogP contribution in [-0.2, 0) is 0 Å². The van der Waals surface area contributed by atoms with Gasteiger partial charge < -0.3 is 10.1 Å². The zero-order valence-electron chi connectivity index (χ0n) is 10.8. The Balaban J connectivity index is 2.28. The Kier molecular flexibility index (Phi) is 3.78. The van der Waals surface area contributed by atoms with E-state index in [1.165, 1.54) is 0 Å². The topological polar surface area (TPSA) is 21.3 Å². The first-order valence-electron chi connectivity index (χ1n) is 5.78. The zero-order chi connectivity index (χ0) is 13.1. The van der Waals surface area contributed by atoms with Crippen molar-refractivity contribution in [2.75, 3.05) is 12.4 Å². The van der Waals surface area contributed by atoms with E-state index in [9.17, 15) is 0 Å². The molecule has 0 unspecified atom stereocenters. The predicted octanol–water partition coefficient (Wildman–Crippen LogP) is 4.71. The van der Waals surface area contributed by atoms with Crippen molar-refractivity contribution in [3.63, 3.8) is 0 Å². The number of hydrogen-bond donors (Lipinski definition) is 1. The minimum absolute atomic E-state index is 0.754. The number of anilines is 2. The van der Waals surface area contributed by atoms with Gasteiger partial charge in [-0.15, -0.1) is 0 Å². The molecule has 18 heavy (non-hydrogen) atoms.